The van der Waals surface area contributed by atoms with Gasteiger partial charge in [0.15, 0.2) is 12.9 Å². The largest absolute Gasteiger partial charge is 0.482 e. The SMILES string of the molecule is Cc1ccc2nc(-c3ccc4c(c3)NC(=O)CO4)c(C=O)n2c1. The van der Waals surface area contributed by atoms with Crippen LogP contribution in [-0.2, 0) is 4.79 Å². The van der Waals surface area contributed by atoms with Crippen LogP contribution < -0.4 is 10.1 Å². The molecule has 0 unspecified atom stereocenters. The summed E-state index contributed by atoms with van der Waals surface area (Å²) in [5.74, 6) is 0.413. The van der Waals surface area contributed by atoms with Gasteiger partial charge in [-0.25, -0.2) is 4.98 Å². The Hall–Kier alpha value is -3.15. The van der Waals surface area contributed by atoms with Crippen LogP contribution in [0.4, 0.5) is 5.69 Å². The highest BCUT2D eigenvalue weighted by Gasteiger charge is 2.19. The van der Waals surface area contributed by atoms with E-state index >= 15 is 0 Å². The summed E-state index contributed by atoms with van der Waals surface area (Å²) in [6, 6.07) is 9.19. The number of fused-ring (bicyclic) bond motifs is 2. The van der Waals surface area contributed by atoms with Crippen LogP contribution in [0.25, 0.3) is 16.9 Å². The third-order valence-corrected chi connectivity index (χ3v) is 3.80. The number of hydrogen-bond acceptors (Lipinski definition) is 4. The van der Waals surface area contributed by atoms with Crippen molar-refractivity contribution in [2.45, 2.75) is 6.92 Å². The summed E-state index contributed by atoms with van der Waals surface area (Å²) in [5.41, 5.74) is 4.13. The first-order valence-electron chi connectivity index (χ1n) is 7.16. The van der Waals surface area contributed by atoms with E-state index in [9.17, 15) is 9.59 Å². The lowest BCUT2D eigenvalue weighted by atomic mass is 10.1. The molecule has 0 bridgehead atoms. The van der Waals surface area contributed by atoms with Crippen LogP contribution in [0.5, 0.6) is 5.75 Å². The fourth-order valence-corrected chi connectivity index (χ4v) is 2.72. The number of aryl methyl sites for hydroxylation is 1. The van der Waals surface area contributed by atoms with Crippen molar-refractivity contribution in [3.05, 3.63) is 47.8 Å². The molecule has 1 aliphatic rings. The Labute approximate surface area is 131 Å². The molecular formula is C17H13N3O3. The smallest absolute Gasteiger partial charge is 0.262 e. The lowest BCUT2D eigenvalue weighted by Crippen LogP contribution is -2.25. The number of pyridine rings is 1. The molecule has 0 atom stereocenters. The van der Waals surface area contributed by atoms with Gasteiger partial charge in [-0.2, -0.15) is 0 Å². The van der Waals surface area contributed by atoms with Gasteiger partial charge in [0.05, 0.1) is 5.69 Å². The van der Waals surface area contributed by atoms with Crippen molar-refractivity contribution < 1.29 is 14.3 Å². The fourth-order valence-electron chi connectivity index (χ4n) is 2.72. The van der Waals surface area contributed by atoms with Gasteiger partial charge in [-0.3, -0.25) is 14.0 Å². The van der Waals surface area contributed by atoms with E-state index in [2.05, 4.69) is 10.3 Å². The van der Waals surface area contributed by atoms with Crippen LogP contribution >= 0.6 is 0 Å². The number of carbonyl (C=O) groups excluding carboxylic acids is 2. The number of aromatic nitrogens is 2. The fraction of sp³-hybridized carbons (Fsp3) is 0.118. The summed E-state index contributed by atoms with van der Waals surface area (Å²) in [4.78, 5) is 27.6. The number of amides is 1. The summed E-state index contributed by atoms with van der Waals surface area (Å²) < 4.78 is 7.12. The minimum atomic E-state index is -0.198. The van der Waals surface area contributed by atoms with E-state index < -0.39 is 0 Å². The zero-order chi connectivity index (χ0) is 16.0. The van der Waals surface area contributed by atoms with E-state index in [1.54, 1.807) is 16.5 Å². The minimum Gasteiger partial charge on any atom is -0.482 e. The lowest BCUT2D eigenvalue weighted by Gasteiger charge is -2.18. The average molecular weight is 307 g/mol. The molecule has 1 amide bonds. The predicted octanol–water partition coefficient (Wildman–Crippen LogP) is 2.45. The number of anilines is 1. The second-order valence-electron chi connectivity index (χ2n) is 5.45. The highest BCUT2D eigenvalue weighted by Crippen LogP contribution is 2.33. The highest BCUT2D eigenvalue weighted by molar-refractivity contribution is 5.97. The molecule has 1 aromatic carbocycles. The van der Waals surface area contributed by atoms with Crippen LogP contribution in [0.15, 0.2) is 36.5 Å². The Morgan fingerprint density at radius 2 is 2.17 bits per heavy atom. The molecule has 1 aliphatic heterocycles. The predicted molar refractivity (Wildman–Crippen MR) is 84.9 cm³/mol. The van der Waals surface area contributed by atoms with Crippen molar-refractivity contribution >= 4 is 23.5 Å². The Kier molecular flexibility index (Phi) is 2.90. The van der Waals surface area contributed by atoms with Gasteiger partial charge in [-0.15, -0.1) is 0 Å². The second-order valence-corrected chi connectivity index (χ2v) is 5.45. The number of ether oxygens (including phenoxy) is 1. The van der Waals surface area contributed by atoms with Crippen molar-refractivity contribution in [3.8, 4) is 17.0 Å². The van der Waals surface area contributed by atoms with E-state index in [0.29, 0.717) is 28.5 Å². The zero-order valence-corrected chi connectivity index (χ0v) is 12.4. The molecule has 0 aliphatic carbocycles. The molecular weight excluding hydrogens is 294 g/mol. The average Bonchev–Trinajstić information content (AvgIpc) is 2.91. The number of nitrogens with zero attached hydrogens (tertiary/aromatic N) is 2. The van der Waals surface area contributed by atoms with E-state index in [-0.39, 0.29) is 12.5 Å². The standard InChI is InChI=1S/C17H13N3O3/c1-10-2-5-15-19-17(13(8-21)20(15)7-10)11-3-4-14-12(6-11)18-16(22)9-23-14/h2-8H,9H2,1H3,(H,18,22). The molecule has 0 fully saturated rings. The van der Waals surface area contributed by atoms with Crippen molar-refractivity contribution in [2.75, 3.05) is 11.9 Å². The third kappa shape index (κ3) is 2.15. The summed E-state index contributed by atoms with van der Waals surface area (Å²) in [7, 11) is 0. The topological polar surface area (TPSA) is 72.7 Å². The zero-order valence-electron chi connectivity index (χ0n) is 12.4. The molecule has 3 aromatic rings. The number of imidazole rings is 1. The van der Waals surface area contributed by atoms with Crippen LogP contribution in [0.2, 0.25) is 0 Å². The first-order valence-corrected chi connectivity index (χ1v) is 7.16. The molecule has 4 rings (SSSR count). The molecule has 6 nitrogen and oxygen atoms in total. The molecule has 0 saturated carbocycles. The molecule has 23 heavy (non-hydrogen) atoms. The Morgan fingerprint density at radius 3 is 3.00 bits per heavy atom. The van der Waals surface area contributed by atoms with Crippen molar-refractivity contribution in [1.82, 2.24) is 9.38 Å². The molecule has 0 saturated heterocycles. The van der Waals surface area contributed by atoms with E-state index in [1.807, 2.05) is 31.3 Å². The number of aldehydes is 1. The number of carbonyl (C=O) groups is 2. The van der Waals surface area contributed by atoms with Gasteiger partial charge >= 0.3 is 0 Å². The summed E-state index contributed by atoms with van der Waals surface area (Å²) in [6.45, 7) is 1.97. The van der Waals surface area contributed by atoms with Crippen molar-refractivity contribution in [2.24, 2.45) is 0 Å². The van der Waals surface area contributed by atoms with Crippen LogP contribution in [0.1, 0.15) is 16.1 Å². The summed E-state index contributed by atoms with van der Waals surface area (Å²) >= 11 is 0. The van der Waals surface area contributed by atoms with Crippen LogP contribution in [-0.4, -0.2) is 28.2 Å². The Bertz CT molecular complexity index is 959. The maximum Gasteiger partial charge on any atom is 0.262 e. The molecule has 3 heterocycles. The normalized spacial score (nSPS) is 13.3. The number of benzene rings is 1. The Morgan fingerprint density at radius 1 is 1.30 bits per heavy atom. The first kappa shape index (κ1) is 13.5. The van der Waals surface area contributed by atoms with Gasteiger partial charge in [0.2, 0.25) is 0 Å². The van der Waals surface area contributed by atoms with Gasteiger partial charge in [0, 0.05) is 11.8 Å². The van der Waals surface area contributed by atoms with Gasteiger partial charge in [0.25, 0.3) is 5.91 Å². The number of rotatable bonds is 2. The lowest BCUT2D eigenvalue weighted by molar-refractivity contribution is -0.118. The monoisotopic (exact) mass is 307 g/mol. The van der Waals surface area contributed by atoms with Crippen LogP contribution in [0.3, 0.4) is 0 Å². The minimum absolute atomic E-state index is 0.0135. The first-order chi connectivity index (χ1) is 11.2. The van der Waals surface area contributed by atoms with Gasteiger partial charge in [-0.1, -0.05) is 6.07 Å². The maximum atomic E-state index is 11.6. The quantitative estimate of drug-likeness (QED) is 0.738. The number of nitrogens with one attached hydrogen (secondary N) is 1. The van der Waals surface area contributed by atoms with Gasteiger partial charge < -0.3 is 10.1 Å². The van der Waals surface area contributed by atoms with Crippen molar-refractivity contribution in [3.63, 3.8) is 0 Å². The van der Waals surface area contributed by atoms with Crippen LogP contribution in [0, 0.1) is 6.92 Å². The molecule has 2 aromatic heterocycles. The number of hydrogen-bond donors (Lipinski definition) is 1. The van der Waals surface area contributed by atoms with Crippen molar-refractivity contribution in [1.29, 1.82) is 0 Å². The van der Waals surface area contributed by atoms with Gasteiger partial charge in [0.1, 0.15) is 22.8 Å². The molecule has 114 valence electrons. The van der Waals surface area contributed by atoms with E-state index in [1.165, 1.54) is 0 Å². The Balaban J connectivity index is 1.90. The summed E-state index contributed by atoms with van der Waals surface area (Å²) in [6.07, 6.45) is 2.67. The summed E-state index contributed by atoms with van der Waals surface area (Å²) in [5, 5.41) is 2.76. The molecule has 0 spiro atoms. The van der Waals surface area contributed by atoms with Gasteiger partial charge in [-0.05, 0) is 36.8 Å². The third-order valence-electron chi connectivity index (χ3n) is 3.80. The molecule has 1 N–H and O–H groups in total. The van der Waals surface area contributed by atoms with E-state index in [4.69, 9.17) is 4.74 Å². The maximum absolute atomic E-state index is 11.6. The van der Waals surface area contributed by atoms with E-state index in [0.717, 1.165) is 17.4 Å². The highest BCUT2D eigenvalue weighted by atomic mass is 16.5. The molecule has 6 heteroatoms. The second kappa shape index (κ2) is 4.95. The molecule has 0 radical (unpaired) electrons.